The number of fused-ring (bicyclic) bond motifs is 1. The van der Waals surface area contributed by atoms with Gasteiger partial charge in [0.15, 0.2) is 0 Å². The summed E-state index contributed by atoms with van der Waals surface area (Å²) in [6.45, 7) is 12.3. The van der Waals surface area contributed by atoms with E-state index in [1.54, 1.807) is 12.5 Å². The van der Waals surface area contributed by atoms with Crippen molar-refractivity contribution in [2.24, 2.45) is 22.7 Å². The second kappa shape index (κ2) is 8.37. The van der Waals surface area contributed by atoms with E-state index in [-0.39, 0.29) is 40.7 Å². The van der Waals surface area contributed by atoms with Crippen LogP contribution in [-0.2, 0) is 25.5 Å². The lowest BCUT2D eigenvalue weighted by atomic mass is 9.46. The highest BCUT2D eigenvalue weighted by molar-refractivity contribution is 5.66. The van der Waals surface area contributed by atoms with Crippen molar-refractivity contribution in [1.82, 2.24) is 0 Å². The van der Waals surface area contributed by atoms with Crippen molar-refractivity contribution in [3.8, 4) is 0 Å². The van der Waals surface area contributed by atoms with Crippen LogP contribution < -0.4 is 0 Å². The Morgan fingerprint density at radius 3 is 2.62 bits per heavy atom. The number of furan rings is 1. The van der Waals surface area contributed by atoms with Crippen molar-refractivity contribution < 1.29 is 23.5 Å². The lowest BCUT2D eigenvalue weighted by Gasteiger charge is -2.59. The molecule has 0 aromatic carbocycles. The maximum Gasteiger partial charge on any atom is 0.303 e. The predicted octanol–water partition coefficient (Wildman–Crippen LogP) is 5.10. The molecule has 0 radical (unpaired) electrons. The predicted molar refractivity (Wildman–Crippen MR) is 110 cm³/mol. The Labute approximate surface area is 173 Å². The summed E-state index contributed by atoms with van der Waals surface area (Å²) in [5.74, 6) is 0.00218. The maximum absolute atomic E-state index is 11.8. The summed E-state index contributed by atoms with van der Waals surface area (Å²) in [6.07, 6.45) is 9.00. The number of hydrogen-bond acceptors (Lipinski definition) is 5. The van der Waals surface area contributed by atoms with Crippen molar-refractivity contribution in [3.05, 3.63) is 36.3 Å². The highest BCUT2D eigenvalue weighted by Gasteiger charge is 2.57. The standard InChI is InChI=1S/C24H34O5/c1-16-20(8-7-19-9-12-27-14-19)24(5)11-6-10-23(4,15-28-17(2)25)22(24)13-21(16)29-18(3)26/h9,12,14,20-22H,1,6-8,10-11,13,15H2,2-5H3. The van der Waals surface area contributed by atoms with E-state index in [2.05, 4.69) is 20.4 Å². The second-order valence-electron chi connectivity index (χ2n) is 9.48. The fourth-order valence-corrected chi connectivity index (χ4v) is 6.03. The lowest BCUT2D eigenvalue weighted by molar-refractivity contribution is -0.162. The minimum atomic E-state index is -0.283. The van der Waals surface area contributed by atoms with Crippen molar-refractivity contribution in [3.63, 3.8) is 0 Å². The molecule has 0 spiro atoms. The Morgan fingerprint density at radius 1 is 1.24 bits per heavy atom. The summed E-state index contributed by atoms with van der Waals surface area (Å²) in [5.41, 5.74) is 2.10. The van der Waals surface area contributed by atoms with E-state index in [0.29, 0.717) is 6.61 Å². The molecule has 5 atom stereocenters. The van der Waals surface area contributed by atoms with Crippen molar-refractivity contribution in [2.75, 3.05) is 6.61 Å². The van der Waals surface area contributed by atoms with Crippen LogP contribution in [0.2, 0.25) is 0 Å². The number of rotatable bonds is 6. The molecule has 0 aliphatic heterocycles. The number of hydrogen-bond donors (Lipinski definition) is 0. The number of aryl methyl sites for hydroxylation is 1. The van der Waals surface area contributed by atoms with Gasteiger partial charge in [0.2, 0.25) is 0 Å². The molecule has 1 aromatic rings. The largest absolute Gasteiger partial charge is 0.472 e. The zero-order valence-corrected chi connectivity index (χ0v) is 18.2. The van der Waals surface area contributed by atoms with E-state index in [1.807, 2.05) is 6.07 Å². The quantitative estimate of drug-likeness (QED) is 0.489. The molecule has 2 fully saturated rings. The summed E-state index contributed by atoms with van der Waals surface area (Å²) >= 11 is 0. The first-order chi connectivity index (χ1) is 13.7. The molecule has 3 rings (SSSR count). The van der Waals surface area contributed by atoms with Crippen LogP contribution in [0.4, 0.5) is 0 Å². The molecule has 29 heavy (non-hydrogen) atoms. The van der Waals surface area contributed by atoms with Crippen LogP contribution >= 0.6 is 0 Å². The Kier molecular flexibility index (Phi) is 6.25. The highest BCUT2D eigenvalue weighted by Crippen LogP contribution is 2.62. The van der Waals surface area contributed by atoms with Gasteiger partial charge in [0, 0.05) is 19.3 Å². The SMILES string of the molecule is C=C1C(OC(C)=O)CC2C(C)(COC(C)=O)CCCC2(C)C1CCc1ccoc1. The average molecular weight is 403 g/mol. The van der Waals surface area contributed by atoms with Crippen LogP contribution in [0.1, 0.15) is 65.4 Å². The number of carbonyl (C=O) groups excluding carboxylic acids is 2. The van der Waals surface area contributed by atoms with Crippen molar-refractivity contribution in [1.29, 1.82) is 0 Å². The van der Waals surface area contributed by atoms with Crippen LogP contribution in [0.25, 0.3) is 0 Å². The van der Waals surface area contributed by atoms with Crippen LogP contribution in [0.3, 0.4) is 0 Å². The first-order valence-electron chi connectivity index (χ1n) is 10.7. The number of esters is 2. The third kappa shape index (κ3) is 4.44. The summed E-state index contributed by atoms with van der Waals surface area (Å²) in [7, 11) is 0. The van der Waals surface area contributed by atoms with Gasteiger partial charge in [0.1, 0.15) is 6.10 Å². The van der Waals surface area contributed by atoms with Crippen molar-refractivity contribution >= 4 is 11.9 Å². The third-order valence-electron chi connectivity index (χ3n) is 7.42. The fraction of sp³-hybridized carbons (Fsp3) is 0.667. The molecule has 2 aliphatic rings. The minimum Gasteiger partial charge on any atom is -0.472 e. The minimum absolute atomic E-state index is 0.0324. The van der Waals surface area contributed by atoms with Gasteiger partial charge in [-0.25, -0.2) is 0 Å². The first kappa shape index (κ1) is 21.7. The summed E-state index contributed by atoms with van der Waals surface area (Å²) in [5, 5.41) is 0. The topological polar surface area (TPSA) is 65.7 Å². The Balaban J connectivity index is 1.91. The first-order valence-corrected chi connectivity index (χ1v) is 10.7. The van der Waals surface area contributed by atoms with Crippen molar-refractivity contribution in [2.45, 2.75) is 72.3 Å². The van der Waals surface area contributed by atoms with E-state index < -0.39 is 0 Å². The van der Waals surface area contributed by atoms with Crippen LogP contribution in [0.5, 0.6) is 0 Å². The Hall–Kier alpha value is -2.04. The van der Waals surface area contributed by atoms with Gasteiger partial charge < -0.3 is 13.9 Å². The summed E-state index contributed by atoms with van der Waals surface area (Å²) in [6, 6.07) is 2.00. The molecule has 5 nitrogen and oxygen atoms in total. The molecule has 160 valence electrons. The van der Waals surface area contributed by atoms with Gasteiger partial charge in [-0.3, -0.25) is 9.59 Å². The van der Waals surface area contributed by atoms with E-state index >= 15 is 0 Å². The maximum atomic E-state index is 11.8. The molecule has 5 heteroatoms. The molecule has 2 aliphatic carbocycles. The molecule has 2 saturated carbocycles. The summed E-state index contributed by atoms with van der Waals surface area (Å²) < 4.78 is 16.4. The van der Waals surface area contributed by atoms with Crippen LogP contribution in [0, 0.1) is 22.7 Å². The zero-order valence-electron chi connectivity index (χ0n) is 18.2. The van der Waals surface area contributed by atoms with Crippen LogP contribution in [0.15, 0.2) is 35.2 Å². The van der Waals surface area contributed by atoms with Gasteiger partial charge in [-0.2, -0.15) is 0 Å². The Morgan fingerprint density at radius 2 is 2.00 bits per heavy atom. The number of carbonyl (C=O) groups is 2. The monoisotopic (exact) mass is 402 g/mol. The van der Waals surface area contributed by atoms with Crippen LogP contribution in [-0.4, -0.2) is 24.6 Å². The lowest BCUT2D eigenvalue weighted by Crippen LogP contribution is -2.55. The molecule has 0 saturated heterocycles. The smallest absolute Gasteiger partial charge is 0.303 e. The van der Waals surface area contributed by atoms with Gasteiger partial charge in [0.25, 0.3) is 0 Å². The molecule has 0 N–H and O–H groups in total. The molecule has 0 bridgehead atoms. The van der Waals surface area contributed by atoms with Gasteiger partial charge in [-0.1, -0.05) is 26.8 Å². The van der Waals surface area contributed by atoms with E-state index in [0.717, 1.165) is 44.1 Å². The molecular weight excluding hydrogens is 368 g/mol. The molecule has 5 unspecified atom stereocenters. The Bertz CT molecular complexity index is 751. The number of ether oxygens (including phenoxy) is 2. The van der Waals surface area contributed by atoms with E-state index in [1.165, 1.54) is 19.4 Å². The molecule has 0 amide bonds. The van der Waals surface area contributed by atoms with Gasteiger partial charge in [-0.05, 0) is 66.6 Å². The van der Waals surface area contributed by atoms with E-state index in [9.17, 15) is 9.59 Å². The summed E-state index contributed by atoms with van der Waals surface area (Å²) in [4.78, 5) is 23.3. The zero-order chi connectivity index (χ0) is 21.2. The molecule has 1 heterocycles. The second-order valence-corrected chi connectivity index (χ2v) is 9.48. The van der Waals surface area contributed by atoms with Gasteiger partial charge in [-0.15, -0.1) is 0 Å². The van der Waals surface area contributed by atoms with Gasteiger partial charge in [0.05, 0.1) is 19.1 Å². The third-order valence-corrected chi connectivity index (χ3v) is 7.42. The molecular formula is C24H34O5. The average Bonchev–Trinajstić information content (AvgIpc) is 3.15. The highest BCUT2D eigenvalue weighted by atomic mass is 16.5. The normalized spacial score (nSPS) is 34.3. The van der Waals surface area contributed by atoms with Gasteiger partial charge >= 0.3 is 11.9 Å². The molecule has 1 aromatic heterocycles. The fourth-order valence-electron chi connectivity index (χ4n) is 6.03. The van der Waals surface area contributed by atoms with E-state index in [4.69, 9.17) is 13.9 Å².